The summed E-state index contributed by atoms with van der Waals surface area (Å²) in [6, 6.07) is 0.311. The highest BCUT2D eigenvalue weighted by Crippen LogP contribution is 2.21. The van der Waals surface area contributed by atoms with Crippen LogP contribution in [0.5, 0.6) is 0 Å². The standard InChI is InChI=1S/C11H22N2O2/c1-3-6-12-8-11(14)13-9-4-5-10(7-9)15-2/h9-10,12H,3-8H2,1-2H3,(H,13,14). The van der Waals surface area contributed by atoms with Gasteiger partial charge in [0, 0.05) is 13.2 Å². The highest BCUT2D eigenvalue weighted by Gasteiger charge is 2.25. The maximum Gasteiger partial charge on any atom is 0.234 e. The summed E-state index contributed by atoms with van der Waals surface area (Å²) in [5, 5.41) is 6.11. The molecule has 0 aromatic carbocycles. The fourth-order valence-electron chi connectivity index (χ4n) is 1.94. The normalized spacial score (nSPS) is 25.5. The molecule has 1 saturated carbocycles. The molecule has 0 aromatic heterocycles. The van der Waals surface area contributed by atoms with Gasteiger partial charge in [-0.05, 0) is 32.2 Å². The SMILES string of the molecule is CCCNCC(=O)NC1CCC(OC)C1. The zero-order chi connectivity index (χ0) is 11.1. The highest BCUT2D eigenvalue weighted by molar-refractivity contribution is 5.78. The summed E-state index contributed by atoms with van der Waals surface area (Å²) in [7, 11) is 1.73. The Labute approximate surface area is 91.8 Å². The van der Waals surface area contributed by atoms with Crippen molar-refractivity contribution in [2.24, 2.45) is 0 Å². The molecule has 2 atom stereocenters. The first-order chi connectivity index (χ1) is 7.26. The van der Waals surface area contributed by atoms with E-state index in [-0.39, 0.29) is 5.91 Å². The van der Waals surface area contributed by atoms with E-state index in [0.717, 1.165) is 32.2 Å². The first-order valence-corrected chi connectivity index (χ1v) is 5.79. The number of methoxy groups -OCH3 is 1. The number of nitrogens with one attached hydrogen (secondary N) is 2. The predicted molar refractivity (Wildman–Crippen MR) is 59.7 cm³/mol. The average molecular weight is 214 g/mol. The first-order valence-electron chi connectivity index (χ1n) is 5.79. The maximum absolute atomic E-state index is 11.5. The largest absolute Gasteiger partial charge is 0.381 e. The second kappa shape index (κ2) is 6.80. The second-order valence-corrected chi connectivity index (χ2v) is 4.11. The van der Waals surface area contributed by atoms with Gasteiger partial charge in [-0.1, -0.05) is 6.92 Å². The van der Waals surface area contributed by atoms with Crippen LogP contribution in [-0.4, -0.2) is 38.3 Å². The molecule has 88 valence electrons. The quantitative estimate of drug-likeness (QED) is 0.639. The Kier molecular flexibility index (Phi) is 5.65. The van der Waals surface area contributed by atoms with Crippen LogP contribution in [0, 0.1) is 0 Å². The smallest absolute Gasteiger partial charge is 0.234 e. The molecule has 0 spiro atoms. The number of rotatable bonds is 6. The van der Waals surface area contributed by atoms with Gasteiger partial charge in [0.05, 0.1) is 12.6 Å². The molecule has 0 saturated heterocycles. The Bertz CT molecular complexity index is 197. The minimum Gasteiger partial charge on any atom is -0.381 e. The van der Waals surface area contributed by atoms with Gasteiger partial charge in [-0.15, -0.1) is 0 Å². The summed E-state index contributed by atoms with van der Waals surface area (Å²) >= 11 is 0. The fourth-order valence-corrected chi connectivity index (χ4v) is 1.94. The minimum atomic E-state index is 0.102. The van der Waals surface area contributed by atoms with E-state index < -0.39 is 0 Å². The summed E-state index contributed by atoms with van der Waals surface area (Å²) in [4.78, 5) is 11.5. The number of hydrogen-bond acceptors (Lipinski definition) is 3. The van der Waals surface area contributed by atoms with Crippen LogP contribution in [0.2, 0.25) is 0 Å². The Morgan fingerprint density at radius 3 is 2.87 bits per heavy atom. The van der Waals surface area contributed by atoms with Crippen LogP contribution in [0.15, 0.2) is 0 Å². The fraction of sp³-hybridized carbons (Fsp3) is 0.909. The lowest BCUT2D eigenvalue weighted by molar-refractivity contribution is -0.120. The number of amides is 1. The third-order valence-electron chi connectivity index (χ3n) is 2.80. The molecule has 4 nitrogen and oxygen atoms in total. The second-order valence-electron chi connectivity index (χ2n) is 4.11. The zero-order valence-electron chi connectivity index (χ0n) is 9.71. The molecular weight excluding hydrogens is 192 g/mol. The van der Waals surface area contributed by atoms with Crippen LogP contribution >= 0.6 is 0 Å². The molecule has 0 radical (unpaired) electrons. The lowest BCUT2D eigenvalue weighted by Gasteiger charge is -2.13. The van der Waals surface area contributed by atoms with Gasteiger partial charge in [-0.25, -0.2) is 0 Å². The van der Waals surface area contributed by atoms with E-state index in [0.29, 0.717) is 18.7 Å². The predicted octanol–water partition coefficient (Wildman–Crippen LogP) is 0.670. The molecule has 4 heteroatoms. The lowest BCUT2D eigenvalue weighted by Crippen LogP contribution is -2.39. The summed E-state index contributed by atoms with van der Waals surface area (Å²) in [5.41, 5.74) is 0. The third kappa shape index (κ3) is 4.62. The Morgan fingerprint density at radius 1 is 1.47 bits per heavy atom. The van der Waals surface area contributed by atoms with Gasteiger partial charge in [0.25, 0.3) is 0 Å². The van der Waals surface area contributed by atoms with Crippen molar-refractivity contribution in [1.82, 2.24) is 10.6 Å². The molecule has 1 amide bonds. The van der Waals surface area contributed by atoms with Crippen LogP contribution in [0.3, 0.4) is 0 Å². The summed E-state index contributed by atoms with van der Waals surface area (Å²) in [6.07, 6.45) is 4.44. The van der Waals surface area contributed by atoms with Crippen LogP contribution in [0.25, 0.3) is 0 Å². The molecule has 1 fully saturated rings. The van der Waals surface area contributed by atoms with E-state index >= 15 is 0 Å². The van der Waals surface area contributed by atoms with Gasteiger partial charge in [-0.2, -0.15) is 0 Å². The van der Waals surface area contributed by atoms with Crippen molar-refractivity contribution in [2.45, 2.75) is 44.8 Å². The molecule has 2 N–H and O–H groups in total. The van der Waals surface area contributed by atoms with Crippen LogP contribution < -0.4 is 10.6 Å². The molecule has 15 heavy (non-hydrogen) atoms. The van der Waals surface area contributed by atoms with Crippen molar-refractivity contribution in [3.63, 3.8) is 0 Å². The summed E-state index contributed by atoms with van der Waals surface area (Å²) < 4.78 is 5.25. The van der Waals surface area contributed by atoms with Gasteiger partial charge >= 0.3 is 0 Å². The molecule has 1 aliphatic rings. The van der Waals surface area contributed by atoms with E-state index in [1.807, 2.05) is 0 Å². The maximum atomic E-state index is 11.5. The molecule has 0 heterocycles. The van der Waals surface area contributed by atoms with Gasteiger partial charge in [-0.3, -0.25) is 4.79 Å². The molecule has 1 rings (SSSR count). The van der Waals surface area contributed by atoms with Crippen molar-refractivity contribution in [2.75, 3.05) is 20.2 Å². The van der Waals surface area contributed by atoms with Crippen molar-refractivity contribution < 1.29 is 9.53 Å². The molecule has 0 aliphatic heterocycles. The lowest BCUT2D eigenvalue weighted by atomic mass is 10.2. The highest BCUT2D eigenvalue weighted by atomic mass is 16.5. The van der Waals surface area contributed by atoms with E-state index in [2.05, 4.69) is 17.6 Å². The van der Waals surface area contributed by atoms with Crippen LogP contribution in [-0.2, 0) is 9.53 Å². The topological polar surface area (TPSA) is 50.4 Å². The number of hydrogen-bond donors (Lipinski definition) is 2. The van der Waals surface area contributed by atoms with Gasteiger partial charge in [0.2, 0.25) is 5.91 Å². The van der Waals surface area contributed by atoms with E-state index in [1.165, 1.54) is 0 Å². The van der Waals surface area contributed by atoms with Gasteiger partial charge < -0.3 is 15.4 Å². The van der Waals surface area contributed by atoms with E-state index in [9.17, 15) is 4.79 Å². The Balaban J connectivity index is 2.10. The summed E-state index contributed by atoms with van der Waals surface area (Å²) in [6.45, 7) is 3.42. The van der Waals surface area contributed by atoms with Gasteiger partial charge in [0.15, 0.2) is 0 Å². The molecule has 1 aliphatic carbocycles. The van der Waals surface area contributed by atoms with Crippen molar-refractivity contribution in [3.8, 4) is 0 Å². The molecule has 0 aromatic rings. The number of carbonyl (C=O) groups excluding carboxylic acids is 1. The monoisotopic (exact) mass is 214 g/mol. The van der Waals surface area contributed by atoms with E-state index in [1.54, 1.807) is 7.11 Å². The zero-order valence-corrected chi connectivity index (χ0v) is 9.71. The molecule has 0 bridgehead atoms. The van der Waals surface area contributed by atoms with Gasteiger partial charge in [0.1, 0.15) is 0 Å². The molecular formula is C11H22N2O2. The first kappa shape index (κ1) is 12.5. The van der Waals surface area contributed by atoms with Crippen LogP contribution in [0.4, 0.5) is 0 Å². The Hall–Kier alpha value is -0.610. The van der Waals surface area contributed by atoms with Crippen LogP contribution in [0.1, 0.15) is 32.6 Å². The van der Waals surface area contributed by atoms with E-state index in [4.69, 9.17) is 4.74 Å². The number of carbonyl (C=O) groups is 1. The van der Waals surface area contributed by atoms with Crippen molar-refractivity contribution in [1.29, 1.82) is 0 Å². The Morgan fingerprint density at radius 2 is 2.27 bits per heavy atom. The summed E-state index contributed by atoms with van der Waals surface area (Å²) in [5.74, 6) is 0.102. The third-order valence-corrected chi connectivity index (χ3v) is 2.80. The average Bonchev–Trinajstić information content (AvgIpc) is 2.66. The van der Waals surface area contributed by atoms with Crippen molar-refractivity contribution >= 4 is 5.91 Å². The van der Waals surface area contributed by atoms with Crippen molar-refractivity contribution in [3.05, 3.63) is 0 Å². The number of ether oxygens (including phenoxy) is 1. The minimum absolute atomic E-state index is 0.102. The molecule has 2 unspecified atom stereocenters.